The average Bonchev–Trinajstić information content (AvgIpc) is 3.18. The summed E-state index contributed by atoms with van der Waals surface area (Å²) in [4.78, 5) is 31.5. The van der Waals surface area contributed by atoms with E-state index in [0.29, 0.717) is 6.54 Å². The molecule has 0 aliphatic carbocycles. The summed E-state index contributed by atoms with van der Waals surface area (Å²) in [7, 11) is 2.12. The minimum absolute atomic E-state index is 0.0132. The molecule has 0 unspecified atom stereocenters. The monoisotopic (exact) mass is 403 g/mol. The van der Waals surface area contributed by atoms with Crippen LogP contribution in [0.1, 0.15) is 30.9 Å². The van der Waals surface area contributed by atoms with Crippen LogP contribution in [-0.2, 0) is 16.0 Å². The Kier molecular flexibility index (Phi) is 6.00. The molecule has 0 aromatic heterocycles. The SMILES string of the molecule is CC(=O)N1CCc2ccc(N(C(=O)/C=C/c3ccccc3)C3CCN(C)CC3)cc21. The van der Waals surface area contributed by atoms with Crippen LogP contribution < -0.4 is 9.80 Å². The number of anilines is 2. The average molecular weight is 404 g/mol. The minimum Gasteiger partial charge on any atom is -0.312 e. The molecule has 2 aliphatic heterocycles. The number of hydrogen-bond acceptors (Lipinski definition) is 3. The Morgan fingerprint density at radius 1 is 1.03 bits per heavy atom. The van der Waals surface area contributed by atoms with E-state index in [1.165, 1.54) is 5.56 Å². The highest BCUT2D eigenvalue weighted by atomic mass is 16.2. The van der Waals surface area contributed by atoms with Gasteiger partial charge in [-0.2, -0.15) is 0 Å². The quantitative estimate of drug-likeness (QED) is 0.731. The summed E-state index contributed by atoms with van der Waals surface area (Å²) in [5.41, 5.74) is 3.99. The standard InChI is InChI=1S/C25H29N3O2/c1-19(29)27-17-12-21-9-10-23(18-24(21)27)28(22-13-15-26(2)16-14-22)25(30)11-8-20-6-4-3-5-7-20/h3-11,18,22H,12-17H2,1-2H3/b11-8+. The maximum Gasteiger partial charge on any atom is 0.251 e. The second-order valence-corrected chi connectivity index (χ2v) is 8.22. The van der Waals surface area contributed by atoms with Gasteiger partial charge in [-0.25, -0.2) is 0 Å². The number of carbonyl (C=O) groups excluding carboxylic acids is 2. The van der Waals surface area contributed by atoms with Crippen LogP contribution >= 0.6 is 0 Å². The number of likely N-dealkylation sites (tertiary alicyclic amines) is 1. The molecular formula is C25H29N3O2. The smallest absolute Gasteiger partial charge is 0.251 e. The molecule has 1 saturated heterocycles. The second kappa shape index (κ2) is 8.84. The number of piperidine rings is 1. The zero-order chi connectivity index (χ0) is 21.1. The van der Waals surface area contributed by atoms with Crippen molar-refractivity contribution < 1.29 is 9.59 Å². The Labute approximate surface area is 178 Å². The predicted octanol–water partition coefficient (Wildman–Crippen LogP) is 3.74. The van der Waals surface area contributed by atoms with Crippen molar-refractivity contribution in [2.24, 2.45) is 0 Å². The Bertz CT molecular complexity index is 946. The Hall–Kier alpha value is -2.92. The molecule has 2 heterocycles. The molecule has 5 nitrogen and oxygen atoms in total. The molecule has 156 valence electrons. The van der Waals surface area contributed by atoms with Crippen molar-refractivity contribution in [3.05, 3.63) is 65.7 Å². The van der Waals surface area contributed by atoms with Gasteiger partial charge in [0.2, 0.25) is 5.91 Å². The fourth-order valence-electron chi connectivity index (χ4n) is 4.43. The van der Waals surface area contributed by atoms with Crippen LogP contribution in [0.5, 0.6) is 0 Å². The van der Waals surface area contributed by atoms with E-state index in [1.807, 2.05) is 58.3 Å². The summed E-state index contributed by atoms with van der Waals surface area (Å²) in [5.74, 6) is 0.0350. The second-order valence-electron chi connectivity index (χ2n) is 8.22. The Morgan fingerprint density at radius 2 is 1.77 bits per heavy atom. The highest BCUT2D eigenvalue weighted by molar-refractivity contribution is 6.05. The van der Waals surface area contributed by atoms with E-state index in [9.17, 15) is 9.59 Å². The lowest BCUT2D eigenvalue weighted by Gasteiger charge is -2.37. The first-order valence-corrected chi connectivity index (χ1v) is 10.7. The van der Waals surface area contributed by atoms with Crippen LogP contribution in [0.15, 0.2) is 54.6 Å². The van der Waals surface area contributed by atoms with E-state index in [0.717, 1.165) is 49.3 Å². The topological polar surface area (TPSA) is 43.9 Å². The lowest BCUT2D eigenvalue weighted by atomic mass is 10.0. The summed E-state index contributed by atoms with van der Waals surface area (Å²) in [6, 6.07) is 16.2. The summed E-state index contributed by atoms with van der Waals surface area (Å²) in [6.07, 6.45) is 6.29. The van der Waals surface area contributed by atoms with E-state index in [2.05, 4.69) is 18.0 Å². The van der Waals surface area contributed by atoms with Gasteiger partial charge in [-0.05, 0) is 68.7 Å². The van der Waals surface area contributed by atoms with Gasteiger partial charge >= 0.3 is 0 Å². The number of carbonyl (C=O) groups is 2. The van der Waals surface area contributed by atoms with Crippen molar-refractivity contribution in [3.63, 3.8) is 0 Å². The van der Waals surface area contributed by atoms with Gasteiger partial charge in [0.1, 0.15) is 0 Å². The van der Waals surface area contributed by atoms with Gasteiger partial charge in [0.05, 0.1) is 0 Å². The molecule has 4 rings (SSSR count). The lowest BCUT2D eigenvalue weighted by Crippen LogP contribution is -2.46. The first kappa shape index (κ1) is 20.4. The van der Waals surface area contributed by atoms with Gasteiger partial charge in [0.15, 0.2) is 0 Å². The van der Waals surface area contributed by atoms with Crippen molar-refractivity contribution in [3.8, 4) is 0 Å². The van der Waals surface area contributed by atoms with Crippen LogP contribution in [0.4, 0.5) is 11.4 Å². The molecular weight excluding hydrogens is 374 g/mol. The number of nitrogens with zero attached hydrogens (tertiary/aromatic N) is 3. The van der Waals surface area contributed by atoms with Gasteiger partial charge in [-0.15, -0.1) is 0 Å². The van der Waals surface area contributed by atoms with E-state index in [4.69, 9.17) is 0 Å². The molecule has 0 radical (unpaired) electrons. The number of hydrogen-bond donors (Lipinski definition) is 0. The van der Waals surface area contributed by atoms with Gasteiger partial charge in [-0.1, -0.05) is 36.4 Å². The van der Waals surface area contributed by atoms with E-state index < -0.39 is 0 Å². The van der Waals surface area contributed by atoms with Gasteiger partial charge in [0.25, 0.3) is 5.91 Å². The minimum atomic E-state index is -0.0132. The maximum absolute atomic E-state index is 13.4. The molecule has 0 bridgehead atoms. The molecule has 0 saturated carbocycles. The molecule has 30 heavy (non-hydrogen) atoms. The third-order valence-corrected chi connectivity index (χ3v) is 6.13. The molecule has 2 amide bonds. The van der Waals surface area contributed by atoms with E-state index in [-0.39, 0.29) is 17.9 Å². The maximum atomic E-state index is 13.4. The fraction of sp³-hybridized carbons (Fsp3) is 0.360. The molecule has 2 aromatic carbocycles. The molecule has 2 aromatic rings. The van der Waals surface area contributed by atoms with E-state index >= 15 is 0 Å². The van der Waals surface area contributed by atoms with Crippen LogP contribution in [0.25, 0.3) is 6.08 Å². The number of amides is 2. The molecule has 5 heteroatoms. The largest absolute Gasteiger partial charge is 0.312 e. The van der Waals surface area contributed by atoms with E-state index in [1.54, 1.807) is 13.0 Å². The van der Waals surface area contributed by atoms with Crippen LogP contribution in [0.2, 0.25) is 0 Å². The fourth-order valence-corrected chi connectivity index (χ4v) is 4.43. The number of benzene rings is 2. The third-order valence-electron chi connectivity index (χ3n) is 6.13. The number of fused-ring (bicyclic) bond motifs is 1. The molecule has 0 spiro atoms. The van der Waals surface area contributed by atoms with Crippen LogP contribution in [0.3, 0.4) is 0 Å². The summed E-state index contributed by atoms with van der Waals surface area (Å²) >= 11 is 0. The van der Waals surface area contributed by atoms with Crippen molar-refractivity contribution in [2.75, 3.05) is 36.5 Å². The van der Waals surface area contributed by atoms with Crippen LogP contribution in [0, 0.1) is 0 Å². The first-order valence-electron chi connectivity index (χ1n) is 10.7. The first-order chi connectivity index (χ1) is 14.5. The number of rotatable bonds is 4. The van der Waals surface area contributed by atoms with Crippen molar-refractivity contribution >= 4 is 29.3 Å². The zero-order valence-electron chi connectivity index (χ0n) is 17.8. The Morgan fingerprint density at radius 3 is 2.47 bits per heavy atom. The zero-order valence-corrected chi connectivity index (χ0v) is 17.8. The molecule has 2 aliphatic rings. The van der Waals surface area contributed by atoms with Gasteiger partial charge in [-0.3, -0.25) is 9.59 Å². The highest BCUT2D eigenvalue weighted by Gasteiger charge is 2.29. The van der Waals surface area contributed by atoms with Crippen molar-refractivity contribution in [1.82, 2.24) is 4.90 Å². The molecule has 0 atom stereocenters. The Balaban J connectivity index is 1.66. The normalized spacial score (nSPS) is 17.3. The van der Waals surface area contributed by atoms with Crippen LogP contribution in [-0.4, -0.2) is 49.4 Å². The summed E-state index contributed by atoms with van der Waals surface area (Å²) in [6.45, 7) is 4.26. The summed E-state index contributed by atoms with van der Waals surface area (Å²) in [5, 5.41) is 0. The third kappa shape index (κ3) is 4.31. The van der Waals surface area contributed by atoms with Gasteiger partial charge < -0.3 is 14.7 Å². The lowest BCUT2D eigenvalue weighted by molar-refractivity contribution is -0.116. The molecule has 1 fully saturated rings. The summed E-state index contributed by atoms with van der Waals surface area (Å²) < 4.78 is 0. The van der Waals surface area contributed by atoms with Gasteiger partial charge in [0, 0.05) is 37.0 Å². The highest BCUT2D eigenvalue weighted by Crippen LogP contribution is 2.34. The van der Waals surface area contributed by atoms with Crippen molar-refractivity contribution in [1.29, 1.82) is 0 Å². The molecule has 0 N–H and O–H groups in total. The van der Waals surface area contributed by atoms with Crippen molar-refractivity contribution in [2.45, 2.75) is 32.2 Å². The predicted molar refractivity (Wildman–Crippen MR) is 122 cm³/mol.